The van der Waals surface area contributed by atoms with E-state index >= 15 is 0 Å². The van der Waals surface area contributed by atoms with Crippen molar-refractivity contribution in [1.29, 1.82) is 5.26 Å². The van der Waals surface area contributed by atoms with Crippen molar-refractivity contribution in [1.82, 2.24) is 10.6 Å². The van der Waals surface area contributed by atoms with Crippen molar-refractivity contribution in [2.75, 3.05) is 6.54 Å². The molecule has 3 rings (SSSR count). The van der Waals surface area contributed by atoms with Crippen LogP contribution in [0.3, 0.4) is 0 Å². The molecule has 0 spiro atoms. The Morgan fingerprint density at radius 3 is 2.26 bits per heavy atom. The second-order valence-corrected chi connectivity index (χ2v) is 9.85. The Balaban J connectivity index is 1.48. The maximum Gasteiger partial charge on any atom is 0.407 e. The molecule has 2 N–H and O–H groups in total. The minimum Gasteiger partial charge on any atom is -0.445 e. The van der Waals surface area contributed by atoms with Crippen LogP contribution in [0, 0.1) is 17.2 Å². The van der Waals surface area contributed by atoms with Crippen LogP contribution in [0.15, 0.2) is 84.9 Å². The predicted octanol–water partition coefficient (Wildman–Crippen LogP) is 6.59. The van der Waals surface area contributed by atoms with E-state index in [9.17, 15) is 14.9 Å². The molecule has 198 valence electrons. The fourth-order valence-electron chi connectivity index (χ4n) is 4.31. The number of nitrogens with zero attached hydrogens (tertiary/aromatic N) is 1. The fraction of sp³-hybridized carbons (Fsp3) is 0.344. The number of carbonyl (C=O) groups is 2. The zero-order valence-electron chi connectivity index (χ0n) is 22.2. The molecule has 0 heterocycles. The SMILES string of the molecule is CC(C)CC(C(=O)NC(C#N)CCCCNC(=O)OCc1ccccc1)c1cccc(-c2ccccc2)c1. The summed E-state index contributed by atoms with van der Waals surface area (Å²) >= 11 is 0. The van der Waals surface area contributed by atoms with Gasteiger partial charge >= 0.3 is 6.09 Å². The van der Waals surface area contributed by atoms with Gasteiger partial charge in [0.1, 0.15) is 12.6 Å². The number of ether oxygens (including phenoxy) is 1. The standard InChI is InChI=1S/C32H37N3O3/c1-24(2)20-30(28-17-11-16-27(21-28)26-14-7-4-8-15-26)31(36)35-29(22-33)18-9-10-19-34-32(37)38-23-25-12-5-3-6-13-25/h3-8,11-17,21,24,29-30H,9-10,18-20,23H2,1-2H3,(H,34,37)(H,35,36). The molecule has 0 aromatic heterocycles. The smallest absolute Gasteiger partial charge is 0.407 e. The first-order valence-electron chi connectivity index (χ1n) is 13.3. The highest BCUT2D eigenvalue weighted by Crippen LogP contribution is 2.28. The summed E-state index contributed by atoms with van der Waals surface area (Å²) in [7, 11) is 0. The summed E-state index contributed by atoms with van der Waals surface area (Å²) in [5.41, 5.74) is 4.05. The average Bonchev–Trinajstić information content (AvgIpc) is 2.95. The molecular weight excluding hydrogens is 474 g/mol. The van der Waals surface area contributed by atoms with Gasteiger partial charge < -0.3 is 15.4 Å². The van der Waals surface area contributed by atoms with E-state index in [2.05, 4.69) is 48.7 Å². The highest BCUT2D eigenvalue weighted by Gasteiger charge is 2.24. The molecule has 3 aromatic carbocycles. The Kier molecular flexibility index (Phi) is 11.4. The summed E-state index contributed by atoms with van der Waals surface area (Å²) < 4.78 is 5.21. The van der Waals surface area contributed by atoms with Crippen molar-refractivity contribution in [2.24, 2.45) is 5.92 Å². The van der Waals surface area contributed by atoms with Gasteiger partial charge in [0.05, 0.1) is 12.0 Å². The van der Waals surface area contributed by atoms with E-state index in [1.807, 2.05) is 66.7 Å². The van der Waals surface area contributed by atoms with E-state index in [0.717, 1.165) is 22.3 Å². The van der Waals surface area contributed by atoms with Gasteiger partial charge in [-0.1, -0.05) is 98.8 Å². The van der Waals surface area contributed by atoms with E-state index in [1.165, 1.54) is 0 Å². The Bertz CT molecular complexity index is 1190. The van der Waals surface area contributed by atoms with Gasteiger partial charge in [-0.15, -0.1) is 0 Å². The number of amides is 2. The highest BCUT2D eigenvalue weighted by atomic mass is 16.5. The van der Waals surface area contributed by atoms with Crippen LogP contribution in [-0.2, 0) is 16.1 Å². The molecule has 0 aliphatic rings. The number of alkyl carbamates (subject to hydrolysis) is 1. The van der Waals surface area contributed by atoms with Crippen LogP contribution in [0.1, 0.15) is 56.6 Å². The lowest BCUT2D eigenvalue weighted by molar-refractivity contribution is -0.123. The first kappa shape index (κ1) is 28.5. The van der Waals surface area contributed by atoms with Gasteiger partial charge in [0.2, 0.25) is 5.91 Å². The van der Waals surface area contributed by atoms with Crippen LogP contribution in [0.5, 0.6) is 0 Å². The van der Waals surface area contributed by atoms with Gasteiger partial charge in [-0.25, -0.2) is 4.79 Å². The quantitative estimate of drug-likeness (QED) is 0.253. The molecule has 2 atom stereocenters. The number of unbranched alkanes of at least 4 members (excludes halogenated alkanes) is 1. The summed E-state index contributed by atoms with van der Waals surface area (Å²) in [5, 5.41) is 15.4. The lowest BCUT2D eigenvalue weighted by Gasteiger charge is -2.22. The van der Waals surface area contributed by atoms with Gasteiger partial charge in [0.25, 0.3) is 0 Å². The highest BCUT2D eigenvalue weighted by molar-refractivity contribution is 5.84. The molecule has 38 heavy (non-hydrogen) atoms. The summed E-state index contributed by atoms with van der Waals surface area (Å²) in [5.74, 6) is -0.145. The van der Waals surface area contributed by atoms with Gasteiger partial charge in [-0.05, 0) is 53.9 Å². The molecule has 6 heteroatoms. The maximum atomic E-state index is 13.3. The molecule has 0 radical (unpaired) electrons. The van der Waals surface area contributed by atoms with Crippen LogP contribution in [0.2, 0.25) is 0 Å². The Morgan fingerprint density at radius 1 is 0.895 bits per heavy atom. The third kappa shape index (κ3) is 9.40. The third-order valence-corrected chi connectivity index (χ3v) is 6.29. The van der Waals surface area contributed by atoms with Crippen LogP contribution < -0.4 is 10.6 Å². The Labute approximate surface area is 226 Å². The zero-order chi connectivity index (χ0) is 27.2. The van der Waals surface area contributed by atoms with E-state index in [1.54, 1.807) is 0 Å². The molecule has 0 aliphatic heterocycles. The first-order chi connectivity index (χ1) is 18.5. The largest absolute Gasteiger partial charge is 0.445 e. The molecule has 0 fully saturated rings. The summed E-state index contributed by atoms with van der Waals surface area (Å²) in [4.78, 5) is 25.2. The van der Waals surface area contributed by atoms with Crippen molar-refractivity contribution in [3.63, 3.8) is 0 Å². The molecule has 0 bridgehead atoms. The van der Waals surface area contributed by atoms with E-state index in [0.29, 0.717) is 38.1 Å². The van der Waals surface area contributed by atoms with Crippen molar-refractivity contribution in [3.8, 4) is 17.2 Å². The van der Waals surface area contributed by atoms with E-state index < -0.39 is 12.1 Å². The van der Waals surface area contributed by atoms with Crippen LogP contribution in [0.25, 0.3) is 11.1 Å². The number of nitriles is 1. The van der Waals surface area contributed by atoms with Gasteiger partial charge in [0, 0.05) is 6.54 Å². The minimum absolute atomic E-state index is 0.127. The van der Waals surface area contributed by atoms with Crippen LogP contribution >= 0.6 is 0 Å². The topological polar surface area (TPSA) is 91.2 Å². The summed E-state index contributed by atoms with van der Waals surface area (Å²) in [6, 6.07) is 29.3. The van der Waals surface area contributed by atoms with E-state index in [4.69, 9.17) is 4.74 Å². The van der Waals surface area contributed by atoms with Crippen LogP contribution in [0.4, 0.5) is 4.79 Å². The summed E-state index contributed by atoms with van der Waals surface area (Å²) in [6.45, 7) is 4.87. The number of nitrogens with one attached hydrogen (secondary N) is 2. The monoisotopic (exact) mass is 511 g/mol. The number of hydrogen-bond acceptors (Lipinski definition) is 4. The average molecular weight is 512 g/mol. The second kappa shape index (κ2) is 15.2. The molecule has 6 nitrogen and oxygen atoms in total. The van der Waals surface area contributed by atoms with Crippen molar-refractivity contribution in [2.45, 2.75) is 58.1 Å². The number of benzene rings is 3. The van der Waals surface area contributed by atoms with E-state index in [-0.39, 0.29) is 18.4 Å². The lowest BCUT2D eigenvalue weighted by atomic mass is 9.87. The van der Waals surface area contributed by atoms with Crippen LogP contribution in [-0.4, -0.2) is 24.6 Å². The number of carbonyl (C=O) groups excluding carboxylic acids is 2. The normalized spacial score (nSPS) is 12.3. The molecule has 2 amide bonds. The minimum atomic E-state index is -0.584. The first-order valence-corrected chi connectivity index (χ1v) is 13.3. The van der Waals surface area contributed by atoms with Gasteiger partial charge in [0.15, 0.2) is 0 Å². The third-order valence-electron chi connectivity index (χ3n) is 6.29. The zero-order valence-corrected chi connectivity index (χ0v) is 22.2. The maximum absolute atomic E-state index is 13.3. The molecule has 2 unspecified atom stereocenters. The predicted molar refractivity (Wildman–Crippen MR) is 150 cm³/mol. The van der Waals surface area contributed by atoms with Crippen molar-refractivity contribution in [3.05, 3.63) is 96.1 Å². The Morgan fingerprint density at radius 2 is 1.58 bits per heavy atom. The van der Waals surface area contributed by atoms with Gasteiger partial charge in [-0.3, -0.25) is 4.79 Å². The van der Waals surface area contributed by atoms with Crippen molar-refractivity contribution >= 4 is 12.0 Å². The number of hydrogen-bond donors (Lipinski definition) is 2. The summed E-state index contributed by atoms with van der Waals surface area (Å²) in [6.07, 6.45) is 2.12. The molecule has 0 aliphatic carbocycles. The Hall–Kier alpha value is -4.11. The lowest BCUT2D eigenvalue weighted by Crippen LogP contribution is -2.38. The van der Waals surface area contributed by atoms with Crippen molar-refractivity contribution < 1.29 is 14.3 Å². The molecular formula is C32H37N3O3. The van der Waals surface area contributed by atoms with Gasteiger partial charge in [-0.2, -0.15) is 5.26 Å². The molecule has 3 aromatic rings. The molecule has 0 saturated carbocycles. The number of rotatable bonds is 13. The fourth-order valence-corrected chi connectivity index (χ4v) is 4.31. The second-order valence-electron chi connectivity index (χ2n) is 9.85. The molecule has 0 saturated heterocycles.